The normalized spacial score (nSPS) is 25.0. The second kappa shape index (κ2) is 16.9. The van der Waals surface area contributed by atoms with Crippen molar-refractivity contribution in [3.63, 3.8) is 0 Å². The summed E-state index contributed by atoms with van der Waals surface area (Å²) < 4.78 is 4.73. The number of fused-ring (bicyclic) bond motifs is 10. The van der Waals surface area contributed by atoms with Gasteiger partial charge in [0.25, 0.3) is 0 Å². The highest BCUT2D eigenvalue weighted by Gasteiger charge is 2.63. The molecule has 9 aromatic carbocycles. The summed E-state index contributed by atoms with van der Waals surface area (Å²) in [6.45, 7) is 0. The van der Waals surface area contributed by atoms with Gasteiger partial charge in [-0.3, -0.25) is 14.4 Å². The lowest BCUT2D eigenvalue weighted by atomic mass is 9.41. The zero-order valence-electron chi connectivity index (χ0n) is 47.0. The summed E-state index contributed by atoms with van der Waals surface area (Å²) in [5.41, 5.74) is 18.5. The van der Waals surface area contributed by atoms with Crippen LogP contribution in [0.25, 0.3) is 66.4 Å². The van der Waals surface area contributed by atoms with Gasteiger partial charge in [-0.1, -0.05) is 140 Å². The van der Waals surface area contributed by atoms with E-state index in [2.05, 4.69) is 231 Å². The molecule has 8 saturated carbocycles. The second-order valence-electron chi connectivity index (χ2n) is 26.8. The summed E-state index contributed by atoms with van der Waals surface area (Å²) in [7, 11) is 0. The molecule has 0 radical (unpaired) electrons. The molecule has 7 heteroatoms. The predicted molar refractivity (Wildman–Crippen MR) is 339 cm³/mol. The minimum Gasteiger partial charge on any atom is -0.309 e. The Balaban J connectivity index is 0.817. The molecule has 2 spiro atoms. The molecule has 0 saturated heterocycles. The lowest BCUT2D eigenvalue weighted by molar-refractivity contribution is -0.0419. The first-order valence-electron chi connectivity index (χ1n) is 31.4. The molecule has 84 heavy (non-hydrogen) atoms. The van der Waals surface area contributed by atoms with Crippen LogP contribution in [-0.2, 0) is 10.8 Å². The Labute approximate surface area is 489 Å². The van der Waals surface area contributed by atoms with Gasteiger partial charge < -0.3 is 4.57 Å². The van der Waals surface area contributed by atoms with Crippen LogP contribution in [0.1, 0.15) is 86.5 Å². The van der Waals surface area contributed by atoms with Crippen molar-refractivity contribution >= 4 is 78.3 Å². The van der Waals surface area contributed by atoms with E-state index >= 15 is 0 Å². The molecule has 3 aromatic heterocycles. The molecule has 0 unspecified atom stereocenters. The van der Waals surface area contributed by atoms with Crippen LogP contribution in [0.5, 0.6) is 0 Å². The number of benzene rings is 9. The van der Waals surface area contributed by atoms with Crippen molar-refractivity contribution in [3.05, 3.63) is 235 Å². The highest BCUT2D eigenvalue weighted by atomic mass is 15.4. The fraction of sp³-hybridized carbons (Fsp3) is 0.260. The summed E-state index contributed by atoms with van der Waals surface area (Å²) in [5.74, 6) is 7.72. The van der Waals surface area contributed by atoms with Gasteiger partial charge in [-0.2, -0.15) is 15.0 Å². The molecule has 12 aromatic rings. The maximum absolute atomic E-state index is 5.93. The van der Waals surface area contributed by atoms with E-state index in [-0.39, 0.29) is 10.8 Å². The number of hydrogen-bond donors (Lipinski definition) is 0. The number of anilines is 6. The van der Waals surface area contributed by atoms with Gasteiger partial charge in [-0.05, 0) is 218 Å². The van der Waals surface area contributed by atoms with Crippen LogP contribution < -0.4 is 9.80 Å². The Bertz CT molecular complexity index is 4440. The third-order valence-corrected chi connectivity index (χ3v) is 23.1. The van der Waals surface area contributed by atoms with Crippen molar-refractivity contribution in [2.75, 3.05) is 9.80 Å². The molecule has 0 atom stereocenters. The molecule has 8 fully saturated rings. The highest BCUT2D eigenvalue weighted by Crippen LogP contribution is 2.71. The lowest BCUT2D eigenvalue weighted by Crippen LogP contribution is -2.57. The smallest absolute Gasteiger partial charge is 0.241 e. The fourth-order valence-electron chi connectivity index (χ4n) is 20.7. The monoisotopic (exact) mass is 1090 g/mol. The van der Waals surface area contributed by atoms with Crippen LogP contribution in [0.2, 0.25) is 0 Å². The lowest BCUT2D eigenvalue weighted by Gasteiger charge is -2.64. The summed E-state index contributed by atoms with van der Waals surface area (Å²) in [6, 6.07) is 80.1. The van der Waals surface area contributed by atoms with Crippen molar-refractivity contribution in [3.8, 4) is 22.8 Å². The molecule has 8 bridgehead atoms. The molecule has 10 aliphatic rings. The number of hydrogen-bond acceptors (Lipinski definition) is 5. The number of rotatable bonds is 5. The summed E-state index contributed by atoms with van der Waals surface area (Å²) in [4.78, 5) is 22.6. The van der Waals surface area contributed by atoms with Crippen LogP contribution in [-0.4, -0.2) is 24.1 Å². The average Bonchev–Trinajstić information content (AvgIpc) is 1.01. The van der Waals surface area contributed by atoms with Crippen LogP contribution in [0.15, 0.2) is 212 Å². The zero-order valence-corrected chi connectivity index (χ0v) is 47.0. The number of aromatic nitrogens is 5. The van der Waals surface area contributed by atoms with Crippen LogP contribution in [0, 0.1) is 47.3 Å². The largest absolute Gasteiger partial charge is 0.309 e. The van der Waals surface area contributed by atoms with Crippen LogP contribution >= 0.6 is 0 Å². The summed E-state index contributed by atoms with van der Waals surface area (Å²) >= 11 is 0. The number of nitrogens with zero attached hydrogens (tertiary/aromatic N) is 7. The molecule has 0 N–H and O–H groups in total. The van der Waals surface area contributed by atoms with E-state index in [9.17, 15) is 0 Å². The third kappa shape index (κ3) is 6.05. The molecule has 2 aliphatic heterocycles. The molecular weight excluding hydrogens is 1020 g/mol. The van der Waals surface area contributed by atoms with Gasteiger partial charge >= 0.3 is 0 Å². The van der Waals surface area contributed by atoms with Gasteiger partial charge in [0.1, 0.15) is 0 Å². The first kappa shape index (κ1) is 46.6. The quantitative estimate of drug-likeness (QED) is 0.172. The Morgan fingerprint density at radius 3 is 1.05 bits per heavy atom. The molecule has 0 amide bonds. The maximum Gasteiger partial charge on any atom is 0.241 e. The molecule has 22 rings (SSSR count). The predicted octanol–water partition coefficient (Wildman–Crippen LogP) is 18.8. The Kier molecular flexibility index (Phi) is 9.40. The van der Waals surface area contributed by atoms with Crippen molar-refractivity contribution < 1.29 is 0 Å². The molecule has 7 nitrogen and oxygen atoms in total. The SMILES string of the molecule is c1ccc(-n2c3ccccc3c3cc(-c4ccc5c(c4)c4ccccc4n5-c4nc(N5c6ccccc6C6(c7ccccc75)C5CC7CC(C5)CC6C7)nc(N5c6ccccc6C6(c7ccccc75)C5CC7CC(C5)CC6C7)n4)ccc32)cc1. The van der Waals surface area contributed by atoms with Crippen LogP contribution in [0.3, 0.4) is 0 Å². The summed E-state index contributed by atoms with van der Waals surface area (Å²) in [6.07, 6.45) is 13.4. The van der Waals surface area contributed by atoms with Gasteiger partial charge in [-0.25, -0.2) is 0 Å². The Hall–Kier alpha value is -8.81. The van der Waals surface area contributed by atoms with Gasteiger partial charge in [-0.15, -0.1) is 0 Å². The van der Waals surface area contributed by atoms with E-state index < -0.39 is 0 Å². The van der Waals surface area contributed by atoms with E-state index in [0.29, 0.717) is 41.5 Å². The van der Waals surface area contributed by atoms with E-state index in [4.69, 9.17) is 15.0 Å². The van der Waals surface area contributed by atoms with Gasteiger partial charge in [0.2, 0.25) is 17.8 Å². The molecular formula is C77H63N7. The van der Waals surface area contributed by atoms with E-state index in [0.717, 1.165) is 51.2 Å². The van der Waals surface area contributed by atoms with Crippen molar-refractivity contribution in [1.29, 1.82) is 0 Å². The standard InChI is InChI=1S/C77H63N7/c1-2-16-56(17-3-1)81-65-24-10-4-18-57(65)59-44-50(30-32-67(59)81)51-31-33-68-60(45-51)58-19-5-11-25-66(58)82(68)73-78-74(83-69-26-12-6-20-61(69)76(62-21-7-13-27-70(62)83)52-36-46-34-47(38-52)39-53(76)37-46)80-75(79-73)84-71-28-14-8-22-63(71)77(64-23-9-15-29-72(64)84)54-40-48-35-49(42-54)43-55(77)41-48/h1-33,44-49,52-55H,34-43H2. The minimum atomic E-state index is -0.0540. The van der Waals surface area contributed by atoms with Gasteiger partial charge in [0.05, 0.1) is 44.8 Å². The molecule has 5 heterocycles. The number of para-hydroxylation sites is 7. The van der Waals surface area contributed by atoms with E-state index in [1.807, 2.05) is 0 Å². The highest BCUT2D eigenvalue weighted by molar-refractivity contribution is 6.12. The van der Waals surface area contributed by atoms with Crippen molar-refractivity contribution in [1.82, 2.24) is 24.1 Å². The first-order chi connectivity index (χ1) is 41.6. The molecule has 406 valence electrons. The van der Waals surface area contributed by atoms with Crippen molar-refractivity contribution in [2.45, 2.75) is 75.0 Å². The van der Waals surface area contributed by atoms with Crippen LogP contribution in [0.4, 0.5) is 34.6 Å². The second-order valence-corrected chi connectivity index (χ2v) is 26.8. The fourth-order valence-corrected chi connectivity index (χ4v) is 20.7. The average molecular weight is 1090 g/mol. The van der Waals surface area contributed by atoms with Crippen molar-refractivity contribution in [2.24, 2.45) is 47.3 Å². The Morgan fingerprint density at radius 1 is 0.286 bits per heavy atom. The topological polar surface area (TPSA) is 55.0 Å². The molecule has 8 aliphatic carbocycles. The maximum atomic E-state index is 5.93. The van der Waals surface area contributed by atoms with Gasteiger partial charge in [0.15, 0.2) is 0 Å². The minimum absolute atomic E-state index is 0.0540. The Morgan fingerprint density at radius 2 is 0.619 bits per heavy atom. The zero-order chi connectivity index (χ0) is 54.6. The van der Waals surface area contributed by atoms with Gasteiger partial charge in [0, 0.05) is 38.1 Å². The van der Waals surface area contributed by atoms with E-state index in [1.165, 1.54) is 142 Å². The van der Waals surface area contributed by atoms with E-state index in [1.54, 1.807) is 0 Å². The first-order valence-corrected chi connectivity index (χ1v) is 31.4. The third-order valence-electron chi connectivity index (χ3n) is 23.1. The summed E-state index contributed by atoms with van der Waals surface area (Å²) in [5, 5.41) is 4.81.